The Morgan fingerprint density at radius 3 is 2.69 bits per heavy atom. The van der Waals surface area contributed by atoms with Crippen molar-refractivity contribution in [1.29, 1.82) is 0 Å². The van der Waals surface area contributed by atoms with Crippen LogP contribution in [0.3, 0.4) is 0 Å². The Labute approximate surface area is 93.4 Å². The number of hydrogen-bond donors (Lipinski definition) is 1. The molecule has 0 atom stereocenters. The number of nitrogens with zero attached hydrogens (tertiary/aromatic N) is 2. The first-order chi connectivity index (χ1) is 7.63. The second-order valence-corrected chi connectivity index (χ2v) is 3.74. The van der Waals surface area contributed by atoms with Gasteiger partial charge in [-0.2, -0.15) is 0 Å². The van der Waals surface area contributed by atoms with Gasteiger partial charge in [-0.3, -0.25) is 4.79 Å². The SMILES string of the molecule is CN1CC(=O)N(c2cccc(CN)c2)C1=O. The summed E-state index contributed by atoms with van der Waals surface area (Å²) < 4.78 is 0. The Balaban J connectivity index is 2.36. The highest BCUT2D eigenvalue weighted by Gasteiger charge is 2.34. The van der Waals surface area contributed by atoms with E-state index in [1.165, 1.54) is 9.80 Å². The van der Waals surface area contributed by atoms with E-state index in [4.69, 9.17) is 5.73 Å². The molecule has 0 aromatic heterocycles. The molecule has 1 heterocycles. The van der Waals surface area contributed by atoms with Gasteiger partial charge in [0.15, 0.2) is 0 Å². The molecular weight excluding hydrogens is 206 g/mol. The Morgan fingerprint density at radius 1 is 1.38 bits per heavy atom. The molecule has 5 nitrogen and oxygen atoms in total. The van der Waals surface area contributed by atoms with E-state index in [0.29, 0.717) is 12.2 Å². The number of carbonyl (C=O) groups excluding carboxylic acids is 2. The molecule has 1 aromatic carbocycles. The van der Waals surface area contributed by atoms with Gasteiger partial charge in [-0.05, 0) is 17.7 Å². The number of rotatable bonds is 2. The zero-order chi connectivity index (χ0) is 11.7. The summed E-state index contributed by atoms with van der Waals surface area (Å²) in [6, 6.07) is 6.84. The van der Waals surface area contributed by atoms with Crippen molar-refractivity contribution in [2.24, 2.45) is 5.73 Å². The van der Waals surface area contributed by atoms with Crippen molar-refractivity contribution in [3.8, 4) is 0 Å². The first-order valence-electron chi connectivity index (χ1n) is 5.00. The summed E-state index contributed by atoms with van der Waals surface area (Å²) in [4.78, 5) is 25.9. The lowest BCUT2D eigenvalue weighted by atomic mass is 10.2. The van der Waals surface area contributed by atoms with Gasteiger partial charge in [-0.15, -0.1) is 0 Å². The lowest BCUT2D eigenvalue weighted by Gasteiger charge is -2.14. The van der Waals surface area contributed by atoms with Crippen LogP contribution < -0.4 is 10.6 Å². The lowest BCUT2D eigenvalue weighted by Crippen LogP contribution is -2.31. The molecule has 0 unspecified atom stereocenters. The van der Waals surface area contributed by atoms with Crippen molar-refractivity contribution in [2.45, 2.75) is 6.54 Å². The van der Waals surface area contributed by atoms with Crippen molar-refractivity contribution in [1.82, 2.24) is 4.90 Å². The van der Waals surface area contributed by atoms with Crippen LogP contribution in [0.4, 0.5) is 10.5 Å². The van der Waals surface area contributed by atoms with Crippen LogP contribution in [0.25, 0.3) is 0 Å². The maximum atomic E-state index is 11.7. The zero-order valence-electron chi connectivity index (χ0n) is 9.01. The summed E-state index contributed by atoms with van der Waals surface area (Å²) in [7, 11) is 1.60. The molecule has 84 valence electrons. The van der Waals surface area contributed by atoms with E-state index in [1.54, 1.807) is 25.2 Å². The third-order valence-electron chi connectivity index (χ3n) is 2.54. The largest absolute Gasteiger partial charge is 0.331 e. The molecule has 1 fully saturated rings. The number of benzene rings is 1. The standard InChI is InChI=1S/C11H13N3O2/c1-13-7-10(15)14(11(13)16)9-4-2-3-8(5-9)6-12/h2-5H,6-7,12H2,1H3. The summed E-state index contributed by atoms with van der Waals surface area (Å²) in [6.45, 7) is 0.519. The van der Waals surface area contributed by atoms with Gasteiger partial charge < -0.3 is 10.6 Å². The number of urea groups is 1. The van der Waals surface area contributed by atoms with Crippen molar-refractivity contribution in [3.05, 3.63) is 29.8 Å². The minimum atomic E-state index is -0.292. The number of imide groups is 1. The number of anilines is 1. The molecule has 3 amide bonds. The quantitative estimate of drug-likeness (QED) is 0.738. The van der Waals surface area contributed by atoms with Crippen LogP contribution in [-0.4, -0.2) is 30.4 Å². The Kier molecular flexibility index (Phi) is 2.62. The molecule has 1 aliphatic rings. The van der Waals surface area contributed by atoms with E-state index >= 15 is 0 Å². The molecule has 1 aromatic rings. The molecule has 5 heteroatoms. The van der Waals surface area contributed by atoms with E-state index in [0.717, 1.165) is 5.56 Å². The van der Waals surface area contributed by atoms with Gasteiger partial charge in [0, 0.05) is 13.6 Å². The second kappa shape index (κ2) is 3.94. The maximum Gasteiger partial charge on any atom is 0.331 e. The van der Waals surface area contributed by atoms with E-state index in [2.05, 4.69) is 0 Å². The molecule has 0 spiro atoms. The van der Waals surface area contributed by atoms with Crippen molar-refractivity contribution in [3.63, 3.8) is 0 Å². The van der Waals surface area contributed by atoms with Crippen LogP contribution in [0.1, 0.15) is 5.56 Å². The molecule has 2 N–H and O–H groups in total. The summed E-state index contributed by atoms with van der Waals surface area (Å²) in [6.07, 6.45) is 0. The second-order valence-electron chi connectivity index (χ2n) is 3.74. The topological polar surface area (TPSA) is 66.6 Å². The smallest absolute Gasteiger partial charge is 0.326 e. The van der Waals surface area contributed by atoms with Crippen molar-refractivity contribution >= 4 is 17.6 Å². The van der Waals surface area contributed by atoms with Crippen LogP contribution in [0.2, 0.25) is 0 Å². The molecule has 0 radical (unpaired) electrons. The average molecular weight is 219 g/mol. The summed E-state index contributed by atoms with van der Waals surface area (Å²) in [5.41, 5.74) is 7.00. The Morgan fingerprint density at radius 2 is 2.12 bits per heavy atom. The van der Waals surface area contributed by atoms with Gasteiger partial charge in [0.2, 0.25) is 0 Å². The minimum Gasteiger partial charge on any atom is -0.326 e. The maximum absolute atomic E-state index is 11.7. The number of nitrogens with two attached hydrogens (primary N) is 1. The summed E-state index contributed by atoms with van der Waals surface area (Å²) in [5, 5.41) is 0. The van der Waals surface area contributed by atoms with E-state index in [-0.39, 0.29) is 18.5 Å². The van der Waals surface area contributed by atoms with Crippen LogP contribution in [0.15, 0.2) is 24.3 Å². The fraction of sp³-hybridized carbons (Fsp3) is 0.273. The van der Waals surface area contributed by atoms with E-state index in [9.17, 15) is 9.59 Å². The van der Waals surface area contributed by atoms with Crippen LogP contribution >= 0.6 is 0 Å². The van der Waals surface area contributed by atoms with Gasteiger partial charge in [0.1, 0.15) is 6.54 Å². The predicted molar refractivity (Wildman–Crippen MR) is 59.8 cm³/mol. The third kappa shape index (κ3) is 1.65. The fourth-order valence-corrected chi connectivity index (χ4v) is 1.70. The molecular formula is C11H13N3O2. The number of carbonyl (C=O) groups is 2. The number of hydrogen-bond acceptors (Lipinski definition) is 3. The van der Waals surface area contributed by atoms with Gasteiger partial charge in [0.05, 0.1) is 5.69 Å². The number of amides is 3. The highest BCUT2D eigenvalue weighted by Crippen LogP contribution is 2.21. The van der Waals surface area contributed by atoms with Crippen molar-refractivity contribution < 1.29 is 9.59 Å². The first-order valence-corrected chi connectivity index (χ1v) is 5.00. The third-order valence-corrected chi connectivity index (χ3v) is 2.54. The first kappa shape index (κ1) is 10.6. The van der Waals surface area contributed by atoms with Gasteiger partial charge >= 0.3 is 6.03 Å². The molecule has 0 bridgehead atoms. The van der Waals surface area contributed by atoms with Crippen LogP contribution in [0, 0.1) is 0 Å². The zero-order valence-corrected chi connectivity index (χ0v) is 9.01. The highest BCUT2D eigenvalue weighted by atomic mass is 16.2. The predicted octanol–water partition coefficient (Wildman–Crippen LogP) is 0.544. The Hall–Kier alpha value is -1.88. The molecule has 0 aliphatic carbocycles. The molecule has 0 saturated carbocycles. The summed E-state index contributed by atoms with van der Waals surface area (Å²) in [5.74, 6) is -0.207. The fourth-order valence-electron chi connectivity index (χ4n) is 1.70. The average Bonchev–Trinajstić information content (AvgIpc) is 2.53. The highest BCUT2D eigenvalue weighted by molar-refractivity contribution is 6.19. The van der Waals surface area contributed by atoms with Crippen LogP contribution in [0.5, 0.6) is 0 Å². The summed E-state index contributed by atoms with van der Waals surface area (Å²) >= 11 is 0. The Bertz CT molecular complexity index is 445. The monoisotopic (exact) mass is 219 g/mol. The normalized spacial score (nSPS) is 16.1. The van der Waals surface area contributed by atoms with Gasteiger partial charge in [0.25, 0.3) is 5.91 Å². The van der Waals surface area contributed by atoms with Gasteiger partial charge in [-0.1, -0.05) is 12.1 Å². The van der Waals surface area contributed by atoms with Crippen LogP contribution in [-0.2, 0) is 11.3 Å². The van der Waals surface area contributed by atoms with E-state index in [1.807, 2.05) is 6.07 Å². The molecule has 1 saturated heterocycles. The number of likely N-dealkylation sites (N-methyl/N-ethyl adjacent to an activating group) is 1. The molecule has 2 rings (SSSR count). The molecule has 1 aliphatic heterocycles. The molecule has 16 heavy (non-hydrogen) atoms. The van der Waals surface area contributed by atoms with E-state index < -0.39 is 0 Å². The van der Waals surface area contributed by atoms with Crippen molar-refractivity contribution in [2.75, 3.05) is 18.5 Å². The minimum absolute atomic E-state index is 0.131. The lowest BCUT2D eigenvalue weighted by molar-refractivity contribution is -0.116. The van der Waals surface area contributed by atoms with Gasteiger partial charge in [-0.25, -0.2) is 9.69 Å².